The molecule has 0 bridgehead atoms. The van der Waals surface area contributed by atoms with Crippen molar-refractivity contribution in [1.82, 2.24) is 4.90 Å². The SMILES string of the molecule is CC[C@H]1CCN(C)[C@@H]1COC. The summed E-state index contributed by atoms with van der Waals surface area (Å²) in [7, 11) is 3.98. The molecule has 0 saturated carbocycles. The van der Waals surface area contributed by atoms with Gasteiger partial charge in [-0.25, -0.2) is 0 Å². The van der Waals surface area contributed by atoms with Crippen molar-refractivity contribution in [1.29, 1.82) is 0 Å². The van der Waals surface area contributed by atoms with Crippen LogP contribution in [0.5, 0.6) is 0 Å². The number of likely N-dealkylation sites (N-methyl/N-ethyl adjacent to an activating group) is 1. The Bertz CT molecular complexity index is 116. The first-order chi connectivity index (χ1) is 5.29. The molecule has 1 heterocycles. The van der Waals surface area contributed by atoms with Gasteiger partial charge < -0.3 is 9.64 Å². The van der Waals surface area contributed by atoms with Crippen LogP contribution in [0.1, 0.15) is 19.8 Å². The molecular formula is C9H19NO. The zero-order chi connectivity index (χ0) is 8.27. The van der Waals surface area contributed by atoms with E-state index in [2.05, 4.69) is 18.9 Å². The van der Waals surface area contributed by atoms with E-state index in [0.29, 0.717) is 6.04 Å². The molecule has 1 rings (SSSR count). The van der Waals surface area contributed by atoms with Gasteiger partial charge in [-0.05, 0) is 25.9 Å². The van der Waals surface area contributed by atoms with Gasteiger partial charge in [-0.3, -0.25) is 0 Å². The second-order valence-electron chi connectivity index (χ2n) is 3.46. The average molecular weight is 157 g/mol. The fourth-order valence-corrected chi connectivity index (χ4v) is 2.00. The van der Waals surface area contributed by atoms with Gasteiger partial charge in [0, 0.05) is 13.2 Å². The Balaban J connectivity index is 2.42. The highest BCUT2D eigenvalue weighted by atomic mass is 16.5. The van der Waals surface area contributed by atoms with Crippen LogP contribution in [0.15, 0.2) is 0 Å². The Morgan fingerprint density at radius 2 is 2.27 bits per heavy atom. The minimum atomic E-state index is 0.671. The van der Waals surface area contributed by atoms with E-state index in [0.717, 1.165) is 12.5 Å². The summed E-state index contributed by atoms with van der Waals surface area (Å²) in [6.07, 6.45) is 2.64. The van der Waals surface area contributed by atoms with Gasteiger partial charge in [-0.1, -0.05) is 13.3 Å². The van der Waals surface area contributed by atoms with E-state index in [1.165, 1.54) is 19.4 Å². The highest BCUT2D eigenvalue weighted by Gasteiger charge is 2.29. The monoisotopic (exact) mass is 157 g/mol. The lowest BCUT2D eigenvalue weighted by Crippen LogP contribution is -2.33. The number of likely N-dealkylation sites (tertiary alicyclic amines) is 1. The average Bonchev–Trinajstić information content (AvgIpc) is 2.34. The Morgan fingerprint density at radius 3 is 2.82 bits per heavy atom. The van der Waals surface area contributed by atoms with Gasteiger partial charge in [0.15, 0.2) is 0 Å². The van der Waals surface area contributed by atoms with E-state index < -0.39 is 0 Å². The first kappa shape index (κ1) is 9.01. The highest BCUT2D eigenvalue weighted by Crippen LogP contribution is 2.25. The normalized spacial score (nSPS) is 33.0. The van der Waals surface area contributed by atoms with Crippen molar-refractivity contribution < 1.29 is 4.74 Å². The number of rotatable bonds is 3. The van der Waals surface area contributed by atoms with Crippen LogP contribution in [-0.2, 0) is 4.74 Å². The van der Waals surface area contributed by atoms with Gasteiger partial charge >= 0.3 is 0 Å². The molecule has 0 amide bonds. The number of nitrogens with zero attached hydrogens (tertiary/aromatic N) is 1. The van der Waals surface area contributed by atoms with Crippen molar-refractivity contribution in [2.24, 2.45) is 5.92 Å². The van der Waals surface area contributed by atoms with Crippen molar-refractivity contribution in [3.63, 3.8) is 0 Å². The predicted molar refractivity (Wildman–Crippen MR) is 46.7 cm³/mol. The van der Waals surface area contributed by atoms with Crippen LogP contribution >= 0.6 is 0 Å². The highest BCUT2D eigenvalue weighted by molar-refractivity contribution is 4.83. The molecule has 2 heteroatoms. The van der Waals surface area contributed by atoms with Crippen LogP contribution in [0, 0.1) is 5.92 Å². The molecule has 66 valence electrons. The molecule has 0 aromatic rings. The number of ether oxygens (including phenoxy) is 1. The lowest BCUT2D eigenvalue weighted by Gasteiger charge is -2.23. The summed E-state index contributed by atoms with van der Waals surface area (Å²) < 4.78 is 5.19. The van der Waals surface area contributed by atoms with E-state index >= 15 is 0 Å². The Labute approximate surface area is 69.5 Å². The van der Waals surface area contributed by atoms with Crippen molar-refractivity contribution in [2.75, 3.05) is 27.3 Å². The third kappa shape index (κ3) is 1.94. The maximum atomic E-state index is 5.19. The van der Waals surface area contributed by atoms with E-state index in [1.54, 1.807) is 7.11 Å². The molecule has 11 heavy (non-hydrogen) atoms. The molecule has 0 aromatic carbocycles. The van der Waals surface area contributed by atoms with E-state index in [4.69, 9.17) is 4.74 Å². The Kier molecular flexibility index (Phi) is 3.34. The number of hydrogen-bond donors (Lipinski definition) is 0. The molecule has 1 aliphatic heterocycles. The molecule has 1 aliphatic rings. The van der Waals surface area contributed by atoms with Gasteiger partial charge in [-0.15, -0.1) is 0 Å². The predicted octanol–water partition coefficient (Wildman–Crippen LogP) is 1.36. The summed E-state index contributed by atoms with van der Waals surface area (Å²) in [6, 6.07) is 0.671. The summed E-state index contributed by atoms with van der Waals surface area (Å²) in [6.45, 7) is 4.41. The van der Waals surface area contributed by atoms with Gasteiger partial charge in [0.25, 0.3) is 0 Å². The zero-order valence-electron chi connectivity index (χ0n) is 7.84. The summed E-state index contributed by atoms with van der Waals surface area (Å²) in [5, 5.41) is 0. The molecule has 2 atom stereocenters. The lowest BCUT2D eigenvalue weighted by molar-refractivity contribution is 0.109. The molecule has 1 saturated heterocycles. The molecule has 2 nitrogen and oxygen atoms in total. The van der Waals surface area contributed by atoms with Crippen molar-refractivity contribution in [3.8, 4) is 0 Å². The van der Waals surface area contributed by atoms with E-state index in [9.17, 15) is 0 Å². The van der Waals surface area contributed by atoms with Crippen LogP contribution in [0.4, 0.5) is 0 Å². The van der Waals surface area contributed by atoms with Gasteiger partial charge in [0.1, 0.15) is 0 Å². The second kappa shape index (κ2) is 4.07. The first-order valence-corrected chi connectivity index (χ1v) is 4.48. The summed E-state index contributed by atoms with van der Waals surface area (Å²) in [5.41, 5.74) is 0. The fourth-order valence-electron chi connectivity index (χ4n) is 2.00. The smallest absolute Gasteiger partial charge is 0.0620 e. The van der Waals surface area contributed by atoms with Crippen molar-refractivity contribution in [3.05, 3.63) is 0 Å². The van der Waals surface area contributed by atoms with Crippen LogP contribution in [0.25, 0.3) is 0 Å². The third-order valence-corrected chi connectivity index (χ3v) is 2.82. The second-order valence-corrected chi connectivity index (χ2v) is 3.46. The van der Waals surface area contributed by atoms with E-state index in [1.807, 2.05) is 0 Å². The Hall–Kier alpha value is -0.0800. The molecule has 0 N–H and O–H groups in total. The minimum absolute atomic E-state index is 0.671. The topological polar surface area (TPSA) is 12.5 Å². The summed E-state index contributed by atoms with van der Waals surface area (Å²) >= 11 is 0. The first-order valence-electron chi connectivity index (χ1n) is 4.48. The van der Waals surface area contributed by atoms with Crippen molar-refractivity contribution >= 4 is 0 Å². The number of methoxy groups -OCH3 is 1. The summed E-state index contributed by atoms with van der Waals surface area (Å²) in [5.74, 6) is 0.861. The van der Waals surface area contributed by atoms with Gasteiger partial charge in [-0.2, -0.15) is 0 Å². The quantitative estimate of drug-likeness (QED) is 0.613. The van der Waals surface area contributed by atoms with Crippen LogP contribution < -0.4 is 0 Å². The zero-order valence-corrected chi connectivity index (χ0v) is 7.84. The van der Waals surface area contributed by atoms with Crippen molar-refractivity contribution in [2.45, 2.75) is 25.8 Å². The lowest BCUT2D eigenvalue weighted by atomic mass is 9.98. The van der Waals surface area contributed by atoms with E-state index in [-0.39, 0.29) is 0 Å². The molecule has 0 unspecified atom stereocenters. The third-order valence-electron chi connectivity index (χ3n) is 2.82. The molecule has 0 aliphatic carbocycles. The molecule has 1 fully saturated rings. The molecule has 0 aromatic heterocycles. The van der Waals surface area contributed by atoms with Crippen LogP contribution in [0.3, 0.4) is 0 Å². The minimum Gasteiger partial charge on any atom is -0.383 e. The maximum absolute atomic E-state index is 5.19. The van der Waals surface area contributed by atoms with Crippen LogP contribution in [0.2, 0.25) is 0 Å². The standard InChI is InChI=1S/C9H19NO/c1-4-8-5-6-10(2)9(8)7-11-3/h8-9H,4-7H2,1-3H3/t8-,9+/m0/s1. The Morgan fingerprint density at radius 1 is 1.55 bits per heavy atom. The summed E-state index contributed by atoms with van der Waals surface area (Å²) in [4.78, 5) is 2.41. The van der Waals surface area contributed by atoms with Gasteiger partial charge in [0.05, 0.1) is 6.61 Å². The molecular weight excluding hydrogens is 138 g/mol. The molecule has 0 spiro atoms. The number of hydrogen-bond acceptors (Lipinski definition) is 2. The fraction of sp³-hybridized carbons (Fsp3) is 1.00. The van der Waals surface area contributed by atoms with Crippen LogP contribution in [-0.4, -0.2) is 38.3 Å². The maximum Gasteiger partial charge on any atom is 0.0620 e. The molecule has 0 radical (unpaired) electrons. The largest absolute Gasteiger partial charge is 0.383 e. The van der Waals surface area contributed by atoms with Gasteiger partial charge in [0.2, 0.25) is 0 Å².